The Morgan fingerprint density at radius 2 is 0.661 bits per heavy atom. The van der Waals surface area contributed by atoms with E-state index in [0.29, 0.717) is 5.92 Å². The van der Waals surface area contributed by atoms with E-state index in [9.17, 15) is 0 Å². The van der Waals surface area contributed by atoms with Gasteiger partial charge in [0.25, 0.3) is 0 Å². The van der Waals surface area contributed by atoms with Gasteiger partial charge in [0.05, 0.1) is 22.7 Å². The standard InChI is InChI=1S/C110H80N2/c1-109(2)101-62-58-80(112(108-67-77-32-9-10-35-83(77)86-38-19-20-46-96(86)108)106-50-26-23-45-95(106)90-42-18-16-40-88(90)85-37-14-12-34-82(85)73-30-7-4-8-31-73)68-99(101)93-60-56-76(66-104(93)109)75-54-53-74-55-61-97-91(98(74)65-75)47-27-51-107(97)111(79-59-63-103-100(69-79)92-43-21-24-48-102(92)110(103)70-71-52-57-78(110)64-71)105-49-25-22-44-94(105)89-41-17-15-39-87(89)84-36-13-11-33-81(84)72-28-5-3-6-29-72/h3-51,53-56,58-63,65-69,71,78H,52,57,64,70H2,1-2H3. The normalized spacial score (nSPS) is 16.1. The Bertz CT molecular complexity index is 6840. The zero-order valence-corrected chi connectivity index (χ0v) is 62.8. The number of benzene rings is 18. The lowest BCUT2D eigenvalue weighted by Gasteiger charge is -2.36. The van der Waals surface area contributed by atoms with Crippen molar-refractivity contribution in [3.63, 3.8) is 0 Å². The van der Waals surface area contributed by atoms with Gasteiger partial charge in [-0.25, -0.2) is 0 Å². The summed E-state index contributed by atoms with van der Waals surface area (Å²) in [4.78, 5) is 5.15. The Hall–Kier alpha value is -13.4. The molecule has 0 aromatic heterocycles. The first-order chi connectivity index (χ1) is 55.3. The Balaban J connectivity index is 0.682. The average molecular weight is 1430 g/mol. The second-order valence-electron chi connectivity index (χ2n) is 32.1. The maximum atomic E-state index is 2.60. The van der Waals surface area contributed by atoms with E-state index in [1.165, 1.54) is 186 Å². The van der Waals surface area contributed by atoms with Gasteiger partial charge >= 0.3 is 0 Å². The van der Waals surface area contributed by atoms with Crippen LogP contribution in [0.3, 0.4) is 0 Å². The fourth-order valence-corrected chi connectivity index (χ4v) is 20.9. The van der Waals surface area contributed by atoms with E-state index in [0.717, 1.165) is 45.6 Å². The SMILES string of the molecule is CC1(C)c2ccc(N(c3ccccc3-c3ccccc3-c3ccccc3-c3ccccc3)c3cc4ccccc4c4ccccc34)cc2-c2ccc(-c3ccc4ccc5c(N(c6ccc7c(c6)-c6ccccc6C76CC7CCC6C7)c6ccccc6-c6ccccc6-c6ccccc6-c6ccccc6)cccc5c4c3)cc21. The maximum Gasteiger partial charge on any atom is 0.0546 e. The summed E-state index contributed by atoms with van der Waals surface area (Å²) in [5, 5.41) is 9.72. The first kappa shape index (κ1) is 65.7. The molecular weight excluding hydrogens is 1350 g/mol. The van der Waals surface area contributed by atoms with Crippen LogP contribution in [0.25, 0.3) is 143 Å². The molecule has 2 nitrogen and oxygen atoms in total. The van der Waals surface area contributed by atoms with Crippen molar-refractivity contribution in [3.8, 4) is 100 Å². The number of hydrogen-bond donors (Lipinski definition) is 0. The quantitative estimate of drug-likeness (QED) is 0.106. The molecule has 18 aromatic rings. The van der Waals surface area contributed by atoms with Gasteiger partial charge in [0, 0.05) is 44.1 Å². The van der Waals surface area contributed by atoms with E-state index in [1.807, 2.05) is 0 Å². The van der Waals surface area contributed by atoms with Crippen molar-refractivity contribution in [2.75, 3.05) is 9.80 Å². The summed E-state index contributed by atoms with van der Waals surface area (Å²) >= 11 is 0. The van der Waals surface area contributed by atoms with E-state index in [2.05, 4.69) is 412 Å². The van der Waals surface area contributed by atoms with Crippen LogP contribution >= 0.6 is 0 Å². The molecule has 18 aromatic carbocycles. The van der Waals surface area contributed by atoms with E-state index >= 15 is 0 Å². The van der Waals surface area contributed by atoms with Gasteiger partial charge in [-0.05, 0) is 235 Å². The molecule has 0 heterocycles. The summed E-state index contributed by atoms with van der Waals surface area (Å²) in [6.45, 7) is 4.85. The van der Waals surface area contributed by atoms with Gasteiger partial charge in [-0.15, -0.1) is 0 Å². The summed E-state index contributed by atoms with van der Waals surface area (Å²) in [6, 6.07) is 147. The Morgan fingerprint density at radius 3 is 1.28 bits per heavy atom. The number of rotatable bonds is 13. The van der Waals surface area contributed by atoms with Crippen LogP contribution in [0.1, 0.15) is 61.8 Å². The number of fused-ring (bicyclic) bond motifs is 17. The zero-order chi connectivity index (χ0) is 74.2. The van der Waals surface area contributed by atoms with Crippen molar-refractivity contribution in [3.05, 3.63) is 411 Å². The van der Waals surface area contributed by atoms with Crippen LogP contribution in [0.4, 0.5) is 34.1 Å². The van der Waals surface area contributed by atoms with Crippen LogP contribution in [-0.2, 0) is 10.8 Å². The first-order valence-electron chi connectivity index (χ1n) is 40.0. The second kappa shape index (κ2) is 26.2. The highest BCUT2D eigenvalue weighted by molar-refractivity contribution is 6.17. The Labute approximate surface area is 655 Å². The van der Waals surface area contributed by atoms with Crippen LogP contribution in [0.15, 0.2) is 388 Å². The third kappa shape index (κ3) is 10.3. The molecule has 112 heavy (non-hydrogen) atoms. The molecule has 0 amide bonds. The summed E-state index contributed by atoms with van der Waals surface area (Å²) in [7, 11) is 0. The minimum atomic E-state index is -0.302. The molecule has 22 rings (SSSR count). The molecule has 0 N–H and O–H groups in total. The van der Waals surface area contributed by atoms with Gasteiger partial charge in [-0.2, -0.15) is 0 Å². The molecule has 0 aliphatic heterocycles. The summed E-state index contributed by atoms with van der Waals surface area (Å²) in [5.74, 6) is 1.46. The van der Waals surface area contributed by atoms with Crippen molar-refractivity contribution < 1.29 is 0 Å². The highest BCUT2D eigenvalue weighted by Crippen LogP contribution is 2.66. The summed E-state index contributed by atoms with van der Waals surface area (Å²) < 4.78 is 0. The molecule has 4 aliphatic rings. The molecule has 2 saturated carbocycles. The fourth-order valence-electron chi connectivity index (χ4n) is 20.9. The minimum Gasteiger partial charge on any atom is -0.309 e. The average Bonchev–Trinajstić information content (AvgIpc) is 1.53. The Kier molecular flexibility index (Phi) is 15.3. The fraction of sp³-hybridized carbons (Fsp3) is 0.0909. The second-order valence-corrected chi connectivity index (χ2v) is 32.1. The van der Waals surface area contributed by atoms with Crippen molar-refractivity contribution in [2.45, 2.75) is 50.4 Å². The van der Waals surface area contributed by atoms with Crippen molar-refractivity contribution in [1.29, 1.82) is 0 Å². The third-order valence-corrected chi connectivity index (χ3v) is 26.0. The van der Waals surface area contributed by atoms with E-state index in [-0.39, 0.29) is 10.8 Å². The molecule has 2 heteroatoms. The van der Waals surface area contributed by atoms with Crippen LogP contribution < -0.4 is 9.80 Å². The molecule has 0 saturated heterocycles. The van der Waals surface area contributed by atoms with Crippen LogP contribution in [0.2, 0.25) is 0 Å². The number of nitrogens with zero attached hydrogens (tertiary/aromatic N) is 2. The smallest absolute Gasteiger partial charge is 0.0546 e. The number of para-hydroxylation sites is 2. The predicted octanol–water partition coefficient (Wildman–Crippen LogP) is 30.3. The molecule has 1 spiro atoms. The predicted molar refractivity (Wildman–Crippen MR) is 473 cm³/mol. The van der Waals surface area contributed by atoms with Gasteiger partial charge in [-0.3, -0.25) is 0 Å². The highest BCUT2D eigenvalue weighted by atomic mass is 15.2. The van der Waals surface area contributed by atoms with Crippen LogP contribution in [0, 0.1) is 11.8 Å². The lowest BCUT2D eigenvalue weighted by Crippen LogP contribution is -2.31. The molecule has 0 radical (unpaired) electrons. The molecular formula is C110H80N2. The van der Waals surface area contributed by atoms with E-state index < -0.39 is 0 Å². The van der Waals surface area contributed by atoms with E-state index in [1.54, 1.807) is 0 Å². The topological polar surface area (TPSA) is 6.48 Å². The highest BCUT2D eigenvalue weighted by Gasteiger charge is 2.57. The van der Waals surface area contributed by atoms with Crippen LogP contribution in [-0.4, -0.2) is 0 Å². The van der Waals surface area contributed by atoms with Gasteiger partial charge in [0.2, 0.25) is 0 Å². The Morgan fingerprint density at radius 1 is 0.232 bits per heavy atom. The van der Waals surface area contributed by atoms with Gasteiger partial charge in [0.1, 0.15) is 0 Å². The summed E-state index contributed by atoms with van der Waals surface area (Å²) in [5.41, 5.74) is 34.2. The third-order valence-electron chi connectivity index (χ3n) is 26.0. The molecule has 4 aliphatic carbocycles. The molecule has 530 valence electrons. The largest absolute Gasteiger partial charge is 0.309 e. The van der Waals surface area contributed by atoms with E-state index in [4.69, 9.17) is 0 Å². The van der Waals surface area contributed by atoms with Gasteiger partial charge in [-0.1, -0.05) is 348 Å². The lowest BCUT2D eigenvalue weighted by atomic mass is 9.67. The van der Waals surface area contributed by atoms with Crippen molar-refractivity contribution >= 4 is 77.2 Å². The molecule has 2 fully saturated rings. The lowest BCUT2D eigenvalue weighted by molar-refractivity contribution is 0.327. The van der Waals surface area contributed by atoms with Gasteiger partial charge in [0.15, 0.2) is 0 Å². The molecule has 3 unspecified atom stereocenters. The number of hydrogen-bond acceptors (Lipinski definition) is 2. The maximum absolute atomic E-state index is 2.60. The van der Waals surface area contributed by atoms with Crippen LogP contribution in [0.5, 0.6) is 0 Å². The first-order valence-corrected chi connectivity index (χ1v) is 40.0. The monoisotopic (exact) mass is 1430 g/mol. The molecule has 3 atom stereocenters. The van der Waals surface area contributed by atoms with Crippen molar-refractivity contribution in [1.82, 2.24) is 0 Å². The van der Waals surface area contributed by atoms with Crippen molar-refractivity contribution in [2.24, 2.45) is 11.8 Å². The molecule has 2 bridgehead atoms. The number of anilines is 6. The zero-order valence-electron chi connectivity index (χ0n) is 62.8. The van der Waals surface area contributed by atoms with Gasteiger partial charge < -0.3 is 9.80 Å². The minimum absolute atomic E-state index is 0.0660. The summed E-state index contributed by atoms with van der Waals surface area (Å²) in [6.07, 6.45) is 5.24.